The van der Waals surface area contributed by atoms with Crippen LogP contribution in [0.15, 0.2) is 0 Å². The molecule has 0 amide bonds. The molecule has 0 heterocycles. The Bertz CT molecular complexity index is 166. The Morgan fingerprint density at radius 1 is 1.14 bits per heavy atom. The molecule has 2 nitrogen and oxygen atoms in total. The molecule has 0 aromatic heterocycles. The second-order valence-corrected chi connectivity index (χ2v) is 4.51. The predicted octanol–water partition coefficient (Wildman–Crippen LogP) is 3.26. The average molecular weight is 200 g/mol. The van der Waals surface area contributed by atoms with Crippen LogP contribution in [-0.2, 0) is 9.53 Å². The topological polar surface area (TPSA) is 26.3 Å². The molecule has 0 aliphatic rings. The average Bonchev–Trinajstić information content (AvgIpc) is 2.15. The first kappa shape index (κ1) is 13.5. The van der Waals surface area contributed by atoms with E-state index in [1.807, 2.05) is 6.92 Å². The molecule has 3 atom stereocenters. The molecule has 0 unspecified atom stereocenters. The summed E-state index contributed by atoms with van der Waals surface area (Å²) in [5.74, 6) is 1.33. The SMILES string of the molecule is CC[C@@H](C)C[C@@H](C)C[C@@H](C)C(=O)OC. The van der Waals surface area contributed by atoms with Gasteiger partial charge in [0.2, 0.25) is 0 Å². The molecule has 0 rings (SSSR count). The highest BCUT2D eigenvalue weighted by Gasteiger charge is 2.17. The summed E-state index contributed by atoms with van der Waals surface area (Å²) in [6.07, 6.45) is 3.37. The second-order valence-electron chi connectivity index (χ2n) is 4.51. The maximum Gasteiger partial charge on any atom is 0.308 e. The normalized spacial score (nSPS) is 17.2. The molecule has 0 N–H and O–H groups in total. The van der Waals surface area contributed by atoms with Crippen molar-refractivity contribution in [2.24, 2.45) is 17.8 Å². The highest BCUT2D eigenvalue weighted by atomic mass is 16.5. The van der Waals surface area contributed by atoms with Crippen LogP contribution in [0.25, 0.3) is 0 Å². The van der Waals surface area contributed by atoms with Crippen LogP contribution in [-0.4, -0.2) is 13.1 Å². The molecule has 0 aromatic carbocycles. The van der Waals surface area contributed by atoms with Gasteiger partial charge in [0.1, 0.15) is 0 Å². The van der Waals surface area contributed by atoms with Crippen LogP contribution in [0.2, 0.25) is 0 Å². The fourth-order valence-corrected chi connectivity index (χ4v) is 1.85. The third-order valence-electron chi connectivity index (χ3n) is 2.86. The minimum Gasteiger partial charge on any atom is -0.469 e. The van der Waals surface area contributed by atoms with E-state index in [1.54, 1.807) is 0 Å². The van der Waals surface area contributed by atoms with Gasteiger partial charge >= 0.3 is 5.97 Å². The van der Waals surface area contributed by atoms with Gasteiger partial charge in [-0.15, -0.1) is 0 Å². The summed E-state index contributed by atoms with van der Waals surface area (Å²) in [7, 11) is 1.46. The van der Waals surface area contributed by atoms with Crippen molar-refractivity contribution in [3.05, 3.63) is 0 Å². The monoisotopic (exact) mass is 200 g/mol. The Kier molecular flexibility index (Phi) is 6.60. The minimum atomic E-state index is -0.0824. The van der Waals surface area contributed by atoms with Crippen molar-refractivity contribution in [2.45, 2.75) is 47.0 Å². The minimum absolute atomic E-state index is 0.0408. The molecule has 2 heteroatoms. The zero-order valence-electron chi connectivity index (χ0n) is 10.2. The Hall–Kier alpha value is -0.530. The van der Waals surface area contributed by atoms with Gasteiger partial charge in [0.25, 0.3) is 0 Å². The molecule has 0 aromatic rings. The van der Waals surface area contributed by atoms with Crippen LogP contribution in [0.3, 0.4) is 0 Å². The summed E-state index contributed by atoms with van der Waals surface area (Å²) in [5.41, 5.74) is 0. The molecule has 0 aliphatic heterocycles. The van der Waals surface area contributed by atoms with Gasteiger partial charge in [-0.25, -0.2) is 0 Å². The zero-order valence-corrected chi connectivity index (χ0v) is 10.2. The van der Waals surface area contributed by atoms with Crippen molar-refractivity contribution in [1.29, 1.82) is 0 Å². The number of rotatable bonds is 6. The first-order chi connectivity index (χ1) is 6.51. The first-order valence-corrected chi connectivity index (χ1v) is 5.59. The molecular weight excluding hydrogens is 176 g/mol. The third-order valence-corrected chi connectivity index (χ3v) is 2.86. The van der Waals surface area contributed by atoms with Gasteiger partial charge in [-0.2, -0.15) is 0 Å². The molecule has 0 saturated heterocycles. The highest BCUT2D eigenvalue weighted by molar-refractivity contribution is 5.71. The summed E-state index contributed by atoms with van der Waals surface area (Å²) in [4.78, 5) is 11.2. The van der Waals surface area contributed by atoms with Crippen LogP contribution >= 0.6 is 0 Å². The number of hydrogen-bond acceptors (Lipinski definition) is 2. The Labute approximate surface area is 88.0 Å². The summed E-state index contributed by atoms with van der Waals surface area (Å²) in [6.45, 7) is 8.63. The predicted molar refractivity (Wildman–Crippen MR) is 59.0 cm³/mol. The van der Waals surface area contributed by atoms with Gasteiger partial charge < -0.3 is 4.74 Å². The summed E-state index contributed by atoms with van der Waals surface area (Å²) >= 11 is 0. The number of methoxy groups -OCH3 is 1. The van der Waals surface area contributed by atoms with Gasteiger partial charge in [-0.05, 0) is 24.7 Å². The van der Waals surface area contributed by atoms with Crippen molar-refractivity contribution in [3.63, 3.8) is 0 Å². The van der Waals surface area contributed by atoms with E-state index in [1.165, 1.54) is 20.0 Å². The van der Waals surface area contributed by atoms with Gasteiger partial charge in [-0.1, -0.05) is 34.1 Å². The number of esters is 1. The lowest BCUT2D eigenvalue weighted by molar-refractivity contribution is -0.145. The van der Waals surface area contributed by atoms with Crippen LogP contribution < -0.4 is 0 Å². The Morgan fingerprint density at radius 2 is 1.71 bits per heavy atom. The molecule has 0 spiro atoms. The maximum atomic E-state index is 11.2. The fourth-order valence-electron chi connectivity index (χ4n) is 1.85. The highest BCUT2D eigenvalue weighted by Crippen LogP contribution is 2.21. The molecule has 0 fully saturated rings. The molecular formula is C12H24O2. The van der Waals surface area contributed by atoms with E-state index in [9.17, 15) is 4.79 Å². The Morgan fingerprint density at radius 3 is 2.14 bits per heavy atom. The van der Waals surface area contributed by atoms with Crippen LogP contribution in [0, 0.1) is 17.8 Å². The fraction of sp³-hybridized carbons (Fsp3) is 0.917. The van der Waals surface area contributed by atoms with E-state index >= 15 is 0 Å². The van der Waals surface area contributed by atoms with E-state index < -0.39 is 0 Å². The third kappa shape index (κ3) is 5.25. The summed E-state index contributed by atoms with van der Waals surface area (Å²) in [6, 6.07) is 0. The van der Waals surface area contributed by atoms with Gasteiger partial charge in [0.05, 0.1) is 13.0 Å². The number of carbonyl (C=O) groups excluding carboxylic acids is 1. The molecule has 0 radical (unpaired) electrons. The van der Waals surface area contributed by atoms with Gasteiger partial charge in [0.15, 0.2) is 0 Å². The van der Waals surface area contributed by atoms with Gasteiger partial charge in [0, 0.05) is 0 Å². The quantitative estimate of drug-likeness (QED) is 0.615. The lowest BCUT2D eigenvalue weighted by atomic mass is 9.88. The maximum absolute atomic E-state index is 11.2. The lowest BCUT2D eigenvalue weighted by Crippen LogP contribution is -2.16. The van der Waals surface area contributed by atoms with E-state index in [4.69, 9.17) is 4.74 Å². The number of ether oxygens (including phenoxy) is 1. The van der Waals surface area contributed by atoms with E-state index in [-0.39, 0.29) is 11.9 Å². The smallest absolute Gasteiger partial charge is 0.308 e. The first-order valence-electron chi connectivity index (χ1n) is 5.59. The summed E-state index contributed by atoms with van der Waals surface area (Å²) in [5, 5.41) is 0. The largest absolute Gasteiger partial charge is 0.469 e. The van der Waals surface area contributed by atoms with Crippen molar-refractivity contribution >= 4 is 5.97 Å². The molecule has 84 valence electrons. The zero-order chi connectivity index (χ0) is 11.1. The van der Waals surface area contributed by atoms with Crippen molar-refractivity contribution < 1.29 is 9.53 Å². The number of carbonyl (C=O) groups is 1. The van der Waals surface area contributed by atoms with E-state index in [0.29, 0.717) is 5.92 Å². The van der Waals surface area contributed by atoms with Crippen molar-refractivity contribution in [2.75, 3.05) is 7.11 Å². The van der Waals surface area contributed by atoms with E-state index in [0.717, 1.165) is 12.3 Å². The van der Waals surface area contributed by atoms with Crippen LogP contribution in [0.4, 0.5) is 0 Å². The number of hydrogen-bond donors (Lipinski definition) is 0. The lowest BCUT2D eigenvalue weighted by Gasteiger charge is -2.18. The Balaban J connectivity index is 3.81. The second kappa shape index (κ2) is 6.86. The van der Waals surface area contributed by atoms with Gasteiger partial charge in [-0.3, -0.25) is 4.79 Å². The molecule has 0 saturated carbocycles. The molecule has 14 heavy (non-hydrogen) atoms. The molecule has 0 bridgehead atoms. The standard InChI is InChI=1S/C12H24O2/c1-6-9(2)7-10(3)8-11(4)12(13)14-5/h9-11H,6-8H2,1-5H3/t9-,10-,11-/m1/s1. The van der Waals surface area contributed by atoms with Crippen LogP contribution in [0.5, 0.6) is 0 Å². The van der Waals surface area contributed by atoms with Crippen LogP contribution in [0.1, 0.15) is 47.0 Å². The summed E-state index contributed by atoms with van der Waals surface area (Å²) < 4.78 is 4.71. The molecule has 0 aliphatic carbocycles. The van der Waals surface area contributed by atoms with E-state index in [2.05, 4.69) is 20.8 Å². The van der Waals surface area contributed by atoms with Crippen molar-refractivity contribution in [3.8, 4) is 0 Å². The van der Waals surface area contributed by atoms with Crippen molar-refractivity contribution in [1.82, 2.24) is 0 Å².